The van der Waals surface area contributed by atoms with Crippen molar-refractivity contribution in [3.8, 4) is 0 Å². The molecule has 1 aromatic rings. The topological polar surface area (TPSA) is 41.0 Å². The second-order valence-corrected chi connectivity index (χ2v) is 5.01. The predicted molar refractivity (Wildman–Crippen MR) is 68.2 cm³/mol. The van der Waals surface area contributed by atoms with Gasteiger partial charge in [-0.2, -0.15) is 4.37 Å². The lowest BCUT2D eigenvalue weighted by Gasteiger charge is -2.35. The van der Waals surface area contributed by atoms with Crippen LogP contribution >= 0.6 is 11.5 Å². The predicted octanol–water partition coefficient (Wildman–Crippen LogP) is 1.81. The first-order chi connectivity index (χ1) is 7.81. The molecule has 0 aromatic carbocycles. The molecule has 1 aromatic heterocycles. The smallest absolute Gasteiger partial charge is 0.205 e. The summed E-state index contributed by atoms with van der Waals surface area (Å²) in [6.45, 7) is 7.35. The van der Waals surface area contributed by atoms with Crippen LogP contribution in [0.2, 0.25) is 0 Å². The Bertz CT molecular complexity index is 326. The molecule has 2 rings (SSSR count). The highest BCUT2D eigenvalue weighted by molar-refractivity contribution is 7.09. The quantitative estimate of drug-likeness (QED) is 0.871. The molecule has 1 saturated heterocycles. The normalized spacial score (nSPS) is 21.4. The molecule has 0 radical (unpaired) electrons. The van der Waals surface area contributed by atoms with Crippen LogP contribution in [0.3, 0.4) is 0 Å². The lowest BCUT2D eigenvalue weighted by atomic mass is 10.0. The van der Waals surface area contributed by atoms with Gasteiger partial charge in [0.1, 0.15) is 5.82 Å². The number of rotatable bonds is 4. The van der Waals surface area contributed by atoms with Gasteiger partial charge in [0.05, 0.1) is 0 Å². The molecule has 0 saturated carbocycles. The number of aromatic nitrogens is 2. The van der Waals surface area contributed by atoms with Crippen LogP contribution in [0, 0.1) is 6.92 Å². The van der Waals surface area contributed by atoms with Crippen LogP contribution in [0.1, 0.15) is 32.0 Å². The van der Waals surface area contributed by atoms with E-state index in [1.165, 1.54) is 30.8 Å². The number of aryl methyl sites for hydroxylation is 1. The number of hydrogen-bond donors (Lipinski definition) is 1. The van der Waals surface area contributed by atoms with Crippen molar-refractivity contribution in [2.24, 2.45) is 0 Å². The molecule has 1 N–H and O–H groups in total. The van der Waals surface area contributed by atoms with Gasteiger partial charge in [0.2, 0.25) is 5.13 Å². The molecule has 1 aliphatic rings. The van der Waals surface area contributed by atoms with Gasteiger partial charge in [-0.1, -0.05) is 6.92 Å². The van der Waals surface area contributed by atoms with Gasteiger partial charge in [0.15, 0.2) is 0 Å². The molecule has 0 aliphatic carbocycles. The van der Waals surface area contributed by atoms with Gasteiger partial charge in [-0.3, -0.25) is 0 Å². The Balaban J connectivity index is 2.04. The summed E-state index contributed by atoms with van der Waals surface area (Å²) in [5, 5.41) is 4.54. The third kappa shape index (κ3) is 2.71. The third-order valence-corrected chi connectivity index (χ3v) is 3.86. The van der Waals surface area contributed by atoms with E-state index in [0.29, 0.717) is 6.04 Å². The number of hydrogen-bond acceptors (Lipinski definition) is 5. The highest BCUT2D eigenvalue weighted by Gasteiger charge is 2.24. The van der Waals surface area contributed by atoms with Crippen LogP contribution in [0.25, 0.3) is 0 Å². The molecule has 4 nitrogen and oxygen atoms in total. The van der Waals surface area contributed by atoms with Gasteiger partial charge < -0.3 is 10.2 Å². The van der Waals surface area contributed by atoms with Crippen molar-refractivity contribution in [3.63, 3.8) is 0 Å². The van der Waals surface area contributed by atoms with Crippen molar-refractivity contribution in [2.75, 3.05) is 24.5 Å². The van der Waals surface area contributed by atoms with Crippen molar-refractivity contribution in [3.05, 3.63) is 5.82 Å². The van der Waals surface area contributed by atoms with Crippen molar-refractivity contribution in [2.45, 2.75) is 39.2 Å². The number of nitrogens with one attached hydrogen (secondary N) is 1. The fourth-order valence-corrected chi connectivity index (χ4v) is 2.95. The van der Waals surface area contributed by atoms with E-state index in [-0.39, 0.29) is 0 Å². The van der Waals surface area contributed by atoms with Gasteiger partial charge in [-0.25, -0.2) is 4.98 Å². The van der Waals surface area contributed by atoms with E-state index in [1.54, 1.807) is 0 Å². The molecule has 0 amide bonds. The van der Waals surface area contributed by atoms with Gasteiger partial charge in [-0.05, 0) is 32.7 Å². The second kappa shape index (κ2) is 5.59. The molecule has 90 valence electrons. The largest absolute Gasteiger partial charge is 0.343 e. The average molecular weight is 240 g/mol. The molecule has 0 bridgehead atoms. The summed E-state index contributed by atoms with van der Waals surface area (Å²) in [6, 6.07) is 0.598. The van der Waals surface area contributed by atoms with E-state index in [4.69, 9.17) is 0 Å². The van der Waals surface area contributed by atoms with E-state index in [2.05, 4.69) is 26.5 Å². The first-order valence-electron chi connectivity index (χ1n) is 6.09. The highest BCUT2D eigenvalue weighted by atomic mass is 32.1. The van der Waals surface area contributed by atoms with Crippen molar-refractivity contribution >= 4 is 16.7 Å². The third-order valence-electron chi connectivity index (χ3n) is 3.02. The molecule has 5 heteroatoms. The van der Waals surface area contributed by atoms with E-state index >= 15 is 0 Å². The van der Waals surface area contributed by atoms with Crippen LogP contribution in [0.15, 0.2) is 0 Å². The van der Waals surface area contributed by atoms with Crippen molar-refractivity contribution in [1.82, 2.24) is 14.7 Å². The first-order valence-corrected chi connectivity index (χ1v) is 6.86. The van der Waals surface area contributed by atoms with Crippen molar-refractivity contribution < 1.29 is 0 Å². The average Bonchev–Trinajstić information content (AvgIpc) is 2.73. The number of likely N-dealkylation sites (N-methyl/N-ethyl adjacent to an activating group) is 1. The Hall–Kier alpha value is -0.680. The summed E-state index contributed by atoms with van der Waals surface area (Å²) in [4.78, 5) is 6.93. The lowest BCUT2D eigenvalue weighted by Crippen LogP contribution is -2.45. The maximum Gasteiger partial charge on any atom is 0.205 e. The van der Waals surface area contributed by atoms with Crippen LogP contribution < -0.4 is 10.2 Å². The molecule has 1 aliphatic heterocycles. The van der Waals surface area contributed by atoms with Gasteiger partial charge >= 0.3 is 0 Å². The molecular weight excluding hydrogens is 220 g/mol. The fourth-order valence-electron chi connectivity index (χ4n) is 2.18. The maximum absolute atomic E-state index is 4.50. The lowest BCUT2D eigenvalue weighted by molar-refractivity contribution is 0.438. The summed E-state index contributed by atoms with van der Waals surface area (Å²) in [5.41, 5.74) is 0. The zero-order valence-electron chi connectivity index (χ0n) is 10.1. The Labute approximate surface area is 101 Å². The summed E-state index contributed by atoms with van der Waals surface area (Å²) in [6.07, 6.45) is 3.89. The minimum Gasteiger partial charge on any atom is -0.343 e. The Morgan fingerprint density at radius 2 is 2.38 bits per heavy atom. The molecule has 16 heavy (non-hydrogen) atoms. The summed E-state index contributed by atoms with van der Waals surface area (Å²) >= 11 is 1.53. The van der Waals surface area contributed by atoms with E-state index in [0.717, 1.165) is 30.6 Å². The Morgan fingerprint density at radius 1 is 1.50 bits per heavy atom. The van der Waals surface area contributed by atoms with E-state index < -0.39 is 0 Å². The molecule has 2 heterocycles. The van der Waals surface area contributed by atoms with E-state index in [9.17, 15) is 0 Å². The van der Waals surface area contributed by atoms with Crippen molar-refractivity contribution in [1.29, 1.82) is 0 Å². The number of piperidine rings is 1. The van der Waals surface area contributed by atoms with Gasteiger partial charge in [0, 0.05) is 30.7 Å². The van der Waals surface area contributed by atoms with Crippen LogP contribution in [0.5, 0.6) is 0 Å². The molecule has 0 spiro atoms. The summed E-state index contributed by atoms with van der Waals surface area (Å²) in [5.74, 6) is 0.896. The minimum atomic E-state index is 0.598. The summed E-state index contributed by atoms with van der Waals surface area (Å²) in [7, 11) is 0. The molecule has 1 unspecified atom stereocenters. The highest BCUT2D eigenvalue weighted by Crippen LogP contribution is 2.25. The number of nitrogens with zero attached hydrogens (tertiary/aromatic N) is 3. The van der Waals surface area contributed by atoms with Crippen LogP contribution in [0.4, 0.5) is 5.13 Å². The van der Waals surface area contributed by atoms with E-state index in [1.807, 2.05) is 6.92 Å². The zero-order valence-corrected chi connectivity index (χ0v) is 10.9. The Kier molecular flexibility index (Phi) is 4.12. The SMILES string of the molecule is CCNCC1CCCCN1c1nc(C)ns1. The van der Waals surface area contributed by atoms with Gasteiger partial charge in [0.25, 0.3) is 0 Å². The fraction of sp³-hybridized carbons (Fsp3) is 0.818. The molecule has 1 fully saturated rings. The Morgan fingerprint density at radius 3 is 3.06 bits per heavy atom. The summed E-state index contributed by atoms with van der Waals surface area (Å²) < 4.78 is 4.28. The monoisotopic (exact) mass is 240 g/mol. The van der Waals surface area contributed by atoms with Crippen LogP contribution in [-0.2, 0) is 0 Å². The maximum atomic E-state index is 4.50. The molecule has 1 atom stereocenters. The minimum absolute atomic E-state index is 0.598. The van der Waals surface area contributed by atoms with Crippen LogP contribution in [-0.4, -0.2) is 35.0 Å². The first kappa shape index (κ1) is 11.8. The number of anilines is 1. The second-order valence-electron chi connectivity index (χ2n) is 4.27. The standard InChI is InChI=1S/C11H20N4S/c1-3-12-8-10-6-4-5-7-15(10)11-13-9(2)14-16-11/h10,12H,3-8H2,1-2H3. The van der Waals surface area contributed by atoms with Gasteiger partial charge in [-0.15, -0.1) is 0 Å². The zero-order chi connectivity index (χ0) is 11.4. The molecular formula is C11H20N4S.